The Labute approximate surface area is 181 Å². The number of methoxy groups -OCH3 is 1. The molecule has 1 aliphatic rings. The fourth-order valence-corrected chi connectivity index (χ4v) is 3.20. The van der Waals surface area contributed by atoms with Gasteiger partial charge in [0.05, 0.1) is 18.1 Å². The molecule has 2 amide bonds. The molecule has 8 heteroatoms. The number of nitrogens with zero attached hydrogens (tertiary/aromatic N) is 1. The average molecular weight is 434 g/mol. The van der Waals surface area contributed by atoms with Gasteiger partial charge in [0.2, 0.25) is 11.8 Å². The fraction of sp³-hybridized carbons (Fsp3) is 0.391. The number of benzene rings is 1. The van der Waals surface area contributed by atoms with Crippen molar-refractivity contribution < 1.29 is 27.8 Å². The normalized spacial score (nSPS) is 19.5. The number of rotatable bonds is 9. The van der Waals surface area contributed by atoms with Gasteiger partial charge in [0.25, 0.3) is 0 Å². The Morgan fingerprint density at radius 2 is 2.00 bits per heavy atom. The number of anilines is 1. The minimum absolute atomic E-state index is 0.289. The Balaban J connectivity index is 2.15. The van der Waals surface area contributed by atoms with Gasteiger partial charge in [0.15, 0.2) is 11.6 Å². The summed E-state index contributed by atoms with van der Waals surface area (Å²) in [4.78, 5) is 26.8. The van der Waals surface area contributed by atoms with Crippen LogP contribution in [-0.4, -0.2) is 50.6 Å². The Bertz CT molecular complexity index is 911. The molecule has 1 saturated heterocycles. The topological polar surface area (TPSA) is 67.9 Å². The SMILES string of the molecule is C=C(/C=C\C(C)=C(/C)OCCOC)[C@@H]1CN(C)C(=O)[C@H]1C(=O)Nc1cccc(F)c1F. The second-order valence-electron chi connectivity index (χ2n) is 7.38. The van der Waals surface area contributed by atoms with Crippen molar-refractivity contribution in [3.63, 3.8) is 0 Å². The molecule has 1 N–H and O–H groups in total. The molecule has 2 rings (SSSR count). The van der Waals surface area contributed by atoms with E-state index in [1.165, 1.54) is 17.0 Å². The van der Waals surface area contributed by atoms with Gasteiger partial charge < -0.3 is 19.7 Å². The summed E-state index contributed by atoms with van der Waals surface area (Å²) in [7, 11) is 3.18. The van der Waals surface area contributed by atoms with Gasteiger partial charge in [-0.1, -0.05) is 24.8 Å². The van der Waals surface area contributed by atoms with Crippen molar-refractivity contribution in [3.8, 4) is 0 Å². The van der Waals surface area contributed by atoms with E-state index in [1.807, 2.05) is 13.8 Å². The maximum atomic E-state index is 13.9. The molecule has 1 aliphatic heterocycles. The number of likely N-dealkylation sites (tertiary alicyclic amines) is 1. The number of nitrogens with one attached hydrogen (secondary N) is 1. The molecule has 31 heavy (non-hydrogen) atoms. The third kappa shape index (κ3) is 6.01. The van der Waals surface area contributed by atoms with Crippen LogP contribution < -0.4 is 5.32 Å². The molecule has 0 unspecified atom stereocenters. The van der Waals surface area contributed by atoms with Gasteiger partial charge in [0.1, 0.15) is 12.5 Å². The van der Waals surface area contributed by atoms with E-state index in [0.29, 0.717) is 18.8 Å². The summed E-state index contributed by atoms with van der Waals surface area (Å²) >= 11 is 0. The Morgan fingerprint density at radius 1 is 1.29 bits per heavy atom. The van der Waals surface area contributed by atoms with Gasteiger partial charge in [-0.25, -0.2) is 8.78 Å². The van der Waals surface area contributed by atoms with Gasteiger partial charge in [-0.2, -0.15) is 0 Å². The highest BCUT2D eigenvalue weighted by atomic mass is 19.2. The lowest BCUT2D eigenvalue weighted by molar-refractivity contribution is -0.135. The minimum Gasteiger partial charge on any atom is -0.496 e. The number of ether oxygens (including phenoxy) is 2. The lowest BCUT2D eigenvalue weighted by Gasteiger charge is -2.17. The highest BCUT2D eigenvalue weighted by Gasteiger charge is 2.44. The Kier molecular flexibility index (Phi) is 8.50. The molecule has 1 heterocycles. The summed E-state index contributed by atoms with van der Waals surface area (Å²) in [6.45, 7) is 8.91. The molecule has 1 aromatic rings. The highest BCUT2D eigenvalue weighted by molar-refractivity contribution is 6.08. The molecule has 0 spiro atoms. The van der Waals surface area contributed by atoms with E-state index in [4.69, 9.17) is 9.47 Å². The van der Waals surface area contributed by atoms with Crippen LogP contribution in [-0.2, 0) is 19.1 Å². The van der Waals surface area contributed by atoms with Crippen LogP contribution in [0, 0.1) is 23.5 Å². The first-order valence-corrected chi connectivity index (χ1v) is 9.83. The third-order valence-corrected chi connectivity index (χ3v) is 5.19. The molecule has 168 valence electrons. The smallest absolute Gasteiger partial charge is 0.237 e. The third-order valence-electron chi connectivity index (χ3n) is 5.19. The standard InChI is InChI=1S/C23H28F2N2O4/c1-14(16(3)31-12-11-30-5)9-10-15(2)17-13-27(4)23(29)20(17)22(28)26-19-8-6-7-18(24)21(19)25/h6-10,17,20H,2,11-13H2,1,3-5H3,(H,26,28)/b10-9-,16-14+/t17-,20+/m0/s1. The van der Waals surface area contributed by atoms with Gasteiger partial charge in [0, 0.05) is 26.6 Å². The van der Waals surface area contributed by atoms with Crippen LogP contribution in [0.1, 0.15) is 13.8 Å². The predicted octanol–water partition coefficient (Wildman–Crippen LogP) is 3.68. The van der Waals surface area contributed by atoms with E-state index < -0.39 is 35.3 Å². The zero-order valence-corrected chi connectivity index (χ0v) is 18.2. The quantitative estimate of drug-likeness (QED) is 0.279. The van der Waals surface area contributed by atoms with Crippen LogP contribution in [0.2, 0.25) is 0 Å². The number of carbonyl (C=O) groups excluding carboxylic acids is 2. The van der Waals surface area contributed by atoms with E-state index in [1.54, 1.807) is 26.3 Å². The molecular formula is C23H28F2N2O4. The fourth-order valence-electron chi connectivity index (χ4n) is 3.20. The number of hydrogen-bond acceptors (Lipinski definition) is 4. The van der Waals surface area contributed by atoms with Crippen LogP contribution in [0.4, 0.5) is 14.5 Å². The summed E-state index contributed by atoms with van der Waals surface area (Å²) in [6.07, 6.45) is 3.53. The second-order valence-corrected chi connectivity index (χ2v) is 7.38. The van der Waals surface area contributed by atoms with Gasteiger partial charge in [-0.05, 0) is 37.1 Å². The van der Waals surface area contributed by atoms with Crippen LogP contribution in [0.3, 0.4) is 0 Å². The molecule has 0 aliphatic carbocycles. The molecular weight excluding hydrogens is 406 g/mol. The van der Waals surface area contributed by atoms with Crippen LogP contribution in [0.15, 0.2) is 53.8 Å². The lowest BCUT2D eigenvalue weighted by atomic mass is 9.87. The minimum atomic E-state index is -1.17. The summed E-state index contributed by atoms with van der Waals surface area (Å²) in [5.41, 5.74) is 1.12. The van der Waals surface area contributed by atoms with Gasteiger partial charge in [-0.15, -0.1) is 0 Å². The number of allylic oxidation sites excluding steroid dienone is 4. The number of halogens is 2. The monoisotopic (exact) mass is 434 g/mol. The van der Waals surface area contributed by atoms with Crippen molar-refractivity contribution in [2.75, 3.05) is 39.2 Å². The van der Waals surface area contributed by atoms with Crippen molar-refractivity contribution in [2.24, 2.45) is 11.8 Å². The number of carbonyl (C=O) groups is 2. The molecule has 1 fully saturated rings. The molecule has 2 atom stereocenters. The average Bonchev–Trinajstić information content (AvgIpc) is 3.04. The lowest BCUT2D eigenvalue weighted by Crippen LogP contribution is -2.33. The summed E-state index contributed by atoms with van der Waals surface area (Å²) in [6, 6.07) is 3.47. The molecule has 0 saturated carbocycles. The van der Waals surface area contributed by atoms with Gasteiger partial charge >= 0.3 is 0 Å². The maximum Gasteiger partial charge on any atom is 0.237 e. The van der Waals surface area contributed by atoms with E-state index in [-0.39, 0.29) is 12.2 Å². The first-order valence-electron chi connectivity index (χ1n) is 9.83. The van der Waals surface area contributed by atoms with Crippen LogP contribution >= 0.6 is 0 Å². The first kappa shape index (κ1) is 24.3. The highest BCUT2D eigenvalue weighted by Crippen LogP contribution is 2.31. The number of hydrogen-bond donors (Lipinski definition) is 1. The largest absolute Gasteiger partial charge is 0.496 e. The van der Waals surface area contributed by atoms with Crippen molar-refractivity contribution in [3.05, 3.63) is 65.5 Å². The molecule has 0 bridgehead atoms. The Morgan fingerprint density at radius 3 is 2.68 bits per heavy atom. The van der Waals surface area contributed by atoms with E-state index >= 15 is 0 Å². The van der Waals surface area contributed by atoms with Gasteiger partial charge in [-0.3, -0.25) is 9.59 Å². The van der Waals surface area contributed by atoms with E-state index in [9.17, 15) is 18.4 Å². The summed E-state index contributed by atoms with van der Waals surface area (Å²) in [5.74, 6) is -4.24. The van der Waals surface area contributed by atoms with Crippen molar-refractivity contribution in [1.29, 1.82) is 0 Å². The van der Waals surface area contributed by atoms with Crippen molar-refractivity contribution >= 4 is 17.5 Å². The number of amides is 2. The summed E-state index contributed by atoms with van der Waals surface area (Å²) in [5, 5.41) is 2.33. The maximum absolute atomic E-state index is 13.9. The first-order chi connectivity index (χ1) is 14.7. The molecule has 0 radical (unpaired) electrons. The molecule has 1 aromatic carbocycles. The van der Waals surface area contributed by atoms with Crippen LogP contribution in [0.5, 0.6) is 0 Å². The predicted molar refractivity (Wildman–Crippen MR) is 114 cm³/mol. The molecule has 6 nitrogen and oxygen atoms in total. The molecule has 0 aromatic heterocycles. The van der Waals surface area contributed by atoms with E-state index in [0.717, 1.165) is 17.4 Å². The van der Waals surface area contributed by atoms with Crippen molar-refractivity contribution in [1.82, 2.24) is 4.90 Å². The second kappa shape index (κ2) is 10.9. The van der Waals surface area contributed by atoms with Crippen LogP contribution in [0.25, 0.3) is 0 Å². The zero-order valence-electron chi connectivity index (χ0n) is 18.2. The van der Waals surface area contributed by atoms with E-state index in [2.05, 4.69) is 11.9 Å². The zero-order chi connectivity index (χ0) is 23.1. The summed E-state index contributed by atoms with van der Waals surface area (Å²) < 4.78 is 37.9. The van der Waals surface area contributed by atoms with Crippen molar-refractivity contribution in [2.45, 2.75) is 13.8 Å². The Hall–Kier alpha value is -3.00.